The van der Waals surface area contributed by atoms with Gasteiger partial charge in [-0.1, -0.05) is 15.9 Å². The van der Waals surface area contributed by atoms with E-state index in [0.29, 0.717) is 4.47 Å². The van der Waals surface area contributed by atoms with Gasteiger partial charge in [-0.2, -0.15) is 0 Å². The molecule has 0 atom stereocenters. The second-order valence-corrected chi connectivity index (χ2v) is 5.35. The fraction of sp³-hybridized carbons (Fsp3) is 0.308. The molecule has 0 fully saturated rings. The molecule has 0 aliphatic rings. The van der Waals surface area contributed by atoms with Crippen molar-refractivity contribution < 1.29 is 19.5 Å². The molecule has 0 aromatic heterocycles. The summed E-state index contributed by atoms with van der Waals surface area (Å²) >= 11 is 3.14. The molecule has 0 heterocycles. The molecule has 0 spiro atoms. The summed E-state index contributed by atoms with van der Waals surface area (Å²) in [5.74, 6) is -1.94. The first-order valence-corrected chi connectivity index (χ1v) is 6.70. The number of aromatic carboxylic acids is 1. The van der Waals surface area contributed by atoms with E-state index in [1.165, 1.54) is 18.2 Å². The molecule has 0 saturated heterocycles. The van der Waals surface area contributed by atoms with Gasteiger partial charge in [0, 0.05) is 16.1 Å². The molecule has 3 N–H and O–H groups in total. The Morgan fingerprint density at radius 1 is 1.20 bits per heavy atom. The molecule has 1 aromatic rings. The van der Waals surface area contributed by atoms with Crippen molar-refractivity contribution in [3.8, 4) is 0 Å². The van der Waals surface area contributed by atoms with Gasteiger partial charge in [-0.3, -0.25) is 9.59 Å². The van der Waals surface area contributed by atoms with Gasteiger partial charge < -0.3 is 15.7 Å². The van der Waals surface area contributed by atoms with Crippen LogP contribution in [0.1, 0.15) is 34.6 Å². The third-order valence-electron chi connectivity index (χ3n) is 2.27. The van der Waals surface area contributed by atoms with E-state index in [1.807, 2.05) is 13.8 Å². The van der Waals surface area contributed by atoms with Crippen molar-refractivity contribution in [2.24, 2.45) is 0 Å². The van der Waals surface area contributed by atoms with Gasteiger partial charge in [0.1, 0.15) is 0 Å². The number of rotatable bonds is 5. The molecule has 6 nitrogen and oxygen atoms in total. The number of carboxylic acids is 1. The lowest BCUT2D eigenvalue weighted by Crippen LogP contribution is -2.39. The Kier molecular flexibility index (Phi) is 5.69. The first kappa shape index (κ1) is 16.2. The van der Waals surface area contributed by atoms with E-state index < -0.39 is 11.9 Å². The number of amides is 2. The number of carboxylic acid groups (broad SMARTS) is 1. The zero-order valence-electron chi connectivity index (χ0n) is 11.1. The maximum absolute atomic E-state index is 11.9. The normalized spacial score (nSPS) is 10.2. The fourth-order valence-electron chi connectivity index (χ4n) is 1.48. The van der Waals surface area contributed by atoms with Crippen LogP contribution < -0.4 is 10.6 Å². The minimum atomic E-state index is -1.13. The molecular weight excluding hydrogens is 328 g/mol. The molecule has 0 bridgehead atoms. The predicted molar refractivity (Wildman–Crippen MR) is 76.7 cm³/mol. The molecule has 0 aliphatic carbocycles. The van der Waals surface area contributed by atoms with E-state index >= 15 is 0 Å². The van der Waals surface area contributed by atoms with Crippen molar-refractivity contribution in [3.05, 3.63) is 33.8 Å². The molecule has 7 heteroatoms. The van der Waals surface area contributed by atoms with Crippen LogP contribution in [0, 0.1) is 0 Å². The molecule has 0 aliphatic heterocycles. The number of hydrogen-bond donors (Lipinski definition) is 3. The molecule has 2 amide bonds. The van der Waals surface area contributed by atoms with Crippen LogP contribution in [0.15, 0.2) is 22.7 Å². The van der Waals surface area contributed by atoms with Gasteiger partial charge in [-0.25, -0.2) is 4.79 Å². The van der Waals surface area contributed by atoms with Gasteiger partial charge in [0.15, 0.2) is 0 Å². The van der Waals surface area contributed by atoms with Gasteiger partial charge in [-0.05, 0) is 32.0 Å². The Labute approximate surface area is 124 Å². The average molecular weight is 343 g/mol. The second-order valence-electron chi connectivity index (χ2n) is 4.44. The highest BCUT2D eigenvalue weighted by Gasteiger charge is 2.12. The van der Waals surface area contributed by atoms with Crippen molar-refractivity contribution in [3.63, 3.8) is 0 Å². The molecule has 1 rings (SSSR count). The van der Waals surface area contributed by atoms with Crippen LogP contribution in [0.5, 0.6) is 0 Å². The zero-order chi connectivity index (χ0) is 15.3. The zero-order valence-corrected chi connectivity index (χ0v) is 12.7. The lowest BCUT2D eigenvalue weighted by Gasteiger charge is -2.09. The van der Waals surface area contributed by atoms with Crippen LogP contribution in [0.25, 0.3) is 0 Å². The summed E-state index contributed by atoms with van der Waals surface area (Å²) in [5, 5.41) is 14.0. The van der Waals surface area contributed by atoms with E-state index in [-0.39, 0.29) is 29.6 Å². The summed E-state index contributed by atoms with van der Waals surface area (Å²) in [5.41, 5.74) is 0.172. The highest BCUT2D eigenvalue weighted by Crippen LogP contribution is 2.16. The van der Waals surface area contributed by atoms with Crippen LogP contribution in [-0.4, -0.2) is 35.5 Å². The van der Waals surface area contributed by atoms with Gasteiger partial charge in [-0.15, -0.1) is 0 Å². The van der Waals surface area contributed by atoms with Gasteiger partial charge >= 0.3 is 5.97 Å². The van der Waals surface area contributed by atoms with Crippen molar-refractivity contribution in [1.29, 1.82) is 0 Å². The topological polar surface area (TPSA) is 95.5 Å². The molecular formula is C13H15BrN2O4. The average Bonchev–Trinajstić information content (AvgIpc) is 2.34. The number of halogens is 1. The van der Waals surface area contributed by atoms with Crippen molar-refractivity contribution in [1.82, 2.24) is 10.6 Å². The summed E-state index contributed by atoms with van der Waals surface area (Å²) in [6, 6.07) is 4.12. The third-order valence-corrected chi connectivity index (χ3v) is 2.72. The van der Waals surface area contributed by atoms with E-state index in [9.17, 15) is 14.4 Å². The SMILES string of the molecule is CC(C)NC(=O)CNC(=O)c1cc(Br)cc(C(=O)O)c1. The first-order valence-electron chi connectivity index (χ1n) is 5.91. The summed E-state index contributed by atoms with van der Waals surface area (Å²) in [6.07, 6.45) is 0. The largest absolute Gasteiger partial charge is 0.478 e. The summed E-state index contributed by atoms with van der Waals surface area (Å²) in [4.78, 5) is 34.2. The molecule has 0 radical (unpaired) electrons. The van der Waals surface area contributed by atoms with E-state index in [4.69, 9.17) is 5.11 Å². The van der Waals surface area contributed by atoms with Gasteiger partial charge in [0.2, 0.25) is 5.91 Å². The van der Waals surface area contributed by atoms with Crippen molar-refractivity contribution >= 4 is 33.7 Å². The predicted octanol–water partition coefficient (Wildman–Crippen LogP) is 1.40. The fourth-order valence-corrected chi connectivity index (χ4v) is 1.97. The Bertz CT molecular complexity index is 543. The minimum Gasteiger partial charge on any atom is -0.478 e. The lowest BCUT2D eigenvalue weighted by molar-refractivity contribution is -0.120. The minimum absolute atomic E-state index is 0.00356. The van der Waals surface area contributed by atoms with Crippen molar-refractivity contribution in [2.45, 2.75) is 19.9 Å². The van der Waals surface area contributed by atoms with Gasteiger partial charge in [0.25, 0.3) is 5.91 Å². The standard InChI is InChI=1S/C13H15BrN2O4/c1-7(2)16-11(17)6-15-12(18)8-3-9(13(19)20)5-10(14)4-8/h3-5,7H,6H2,1-2H3,(H,15,18)(H,16,17)(H,19,20). The number of carbonyl (C=O) groups is 3. The maximum atomic E-state index is 11.9. The molecule has 1 aromatic carbocycles. The molecule has 0 saturated carbocycles. The smallest absolute Gasteiger partial charge is 0.335 e. The third kappa shape index (κ3) is 5.00. The Morgan fingerprint density at radius 3 is 2.35 bits per heavy atom. The molecule has 108 valence electrons. The number of benzene rings is 1. The molecule has 20 heavy (non-hydrogen) atoms. The lowest BCUT2D eigenvalue weighted by atomic mass is 10.1. The second kappa shape index (κ2) is 7.04. The van der Waals surface area contributed by atoms with Crippen molar-refractivity contribution in [2.75, 3.05) is 6.54 Å². The van der Waals surface area contributed by atoms with Crippen LogP contribution in [0.3, 0.4) is 0 Å². The van der Waals surface area contributed by atoms with Crippen LogP contribution >= 0.6 is 15.9 Å². The highest BCUT2D eigenvalue weighted by atomic mass is 79.9. The maximum Gasteiger partial charge on any atom is 0.335 e. The number of nitrogens with one attached hydrogen (secondary N) is 2. The first-order chi connectivity index (χ1) is 9.29. The van der Waals surface area contributed by atoms with Crippen LogP contribution in [0.4, 0.5) is 0 Å². The Hall–Kier alpha value is -1.89. The van der Waals surface area contributed by atoms with Gasteiger partial charge in [0.05, 0.1) is 12.1 Å². The Morgan fingerprint density at radius 2 is 1.80 bits per heavy atom. The van der Waals surface area contributed by atoms with E-state index in [0.717, 1.165) is 0 Å². The van der Waals surface area contributed by atoms with Crippen LogP contribution in [-0.2, 0) is 4.79 Å². The van der Waals surface area contributed by atoms with E-state index in [1.54, 1.807) is 0 Å². The monoisotopic (exact) mass is 342 g/mol. The molecule has 0 unspecified atom stereocenters. The number of carbonyl (C=O) groups excluding carboxylic acids is 2. The highest BCUT2D eigenvalue weighted by molar-refractivity contribution is 9.10. The number of hydrogen-bond acceptors (Lipinski definition) is 3. The summed E-state index contributed by atoms with van der Waals surface area (Å²) < 4.78 is 0.481. The summed E-state index contributed by atoms with van der Waals surface area (Å²) in [7, 11) is 0. The van der Waals surface area contributed by atoms with Crippen LogP contribution in [0.2, 0.25) is 0 Å². The Balaban J connectivity index is 2.73. The van der Waals surface area contributed by atoms with E-state index in [2.05, 4.69) is 26.6 Å². The quantitative estimate of drug-likeness (QED) is 0.753. The summed E-state index contributed by atoms with van der Waals surface area (Å²) in [6.45, 7) is 3.46.